The van der Waals surface area contributed by atoms with Crippen LogP contribution in [0.1, 0.15) is 15.9 Å². The molecule has 0 unspecified atom stereocenters. The van der Waals surface area contributed by atoms with Gasteiger partial charge in [0, 0.05) is 5.56 Å². The van der Waals surface area contributed by atoms with Gasteiger partial charge in [0.15, 0.2) is 11.5 Å². The lowest BCUT2D eigenvalue weighted by molar-refractivity contribution is 0.102. The number of hydrogen-bond acceptors (Lipinski definition) is 4. The van der Waals surface area contributed by atoms with Crippen molar-refractivity contribution in [2.45, 2.75) is 6.61 Å². The predicted octanol–water partition coefficient (Wildman–Crippen LogP) is 5.14. The summed E-state index contributed by atoms with van der Waals surface area (Å²) in [6.45, 7) is 0.380. The fourth-order valence-electron chi connectivity index (χ4n) is 2.68. The smallest absolute Gasteiger partial charge is 0.255 e. The van der Waals surface area contributed by atoms with Gasteiger partial charge in [-0.2, -0.15) is 0 Å². The quantitative estimate of drug-likeness (QED) is 0.467. The van der Waals surface area contributed by atoms with Gasteiger partial charge < -0.3 is 19.5 Å². The average Bonchev–Trinajstić information content (AvgIpc) is 2.73. The Hall–Kier alpha value is -2.74. The molecule has 0 aliphatic rings. The monoisotopic (exact) mass is 489 g/mol. The maximum atomic E-state index is 12.8. The lowest BCUT2D eigenvalue weighted by Crippen LogP contribution is -2.13. The minimum Gasteiger partial charge on any atom is -0.495 e. The SMILES string of the molecule is COc1ccccc1NC(=O)c1cc(I)c(OC)c(OCc2ccccc2)c1. The summed E-state index contributed by atoms with van der Waals surface area (Å²) in [5.41, 5.74) is 2.11. The van der Waals surface area contributed by atoms with E-state index in [-0.39, 0.29) is 5.91 Å². The molecule has 28 heavy (non-hydrogen) atoms. The molecule has 0 heterocycles. The number of rotatable bonds is 7. The van der Waals surface area contributed by atoms with E-state index in [4.69, 9.17) is 14.2 Å². The predicted molar refractivity (Wildman–Crippen MR) is 117 cm³/mol. The van der Waals surface area contributed by atoms with Crippen molar-refractivity contribution in [3.8, 4) is 17.2 Å². The average molecular weight is 489 g/mol. The van der Waals surface area contributed by atoms with E-state index >= 15 is 0 Å². The summed E-state index contributed by atoms with van der Waals surface area (Å²) in [5.74, 6) is 1.46. The number of halogens is 1. The van der Waals surface area contributed by atoms with E-state index in [9.17, 15) is 4.79 Å². The van der Waals surface area contributed by atoms with Crippen LogP contribution >= 0.6 is 22.6 Å². The molecule has 0 saturated heterocycles. The Balaban J connectivity index is 1.84. The highest BCUT2D eigenvalue weighted by Crippen LogP contribution is 2.35. The fourth-order valence-corrected chi connectivity index (χ4v) is 3.50. The van der Waals surface area contributed by atoms with Crippen LogP contribution in [-0.2, 0) is 6.61 Å². The number of benzene rings is 3. The number of para-hydroxylation sites is 2. The van der Waals surface area contributed by atoms with Crippen LogP contribution in [0.25, 0.3) is 0 Å². The Morgan fingerprint density at radius 2 is 1.64 bits per heavy atom. The third kappa shape index (κ3) is 4.75. The Labute approximate surface area is 177 Å². The molecule has 3 aromatic carbocycles. The van der Waals surface area contributed by atoms with E-state index in [1.165, 1.54) is 0 Å². The topological polar surface area (TPSA) is 56.8 Å². The van der Waals surface area contributed by atoms with Crippen molar-refractivity contribution in [3.05, 3.63) is 81.4 Å². The molecular weight excluding hydrogens is 469 g/mol. The fraction of sp³-hybridized carbons (Fsp3) is 0.136. The number of nitrogens with one attached hydrogen (secondary N) is 1. The lowest BCUT2D eigenvalue weighted by atomic mass is 10.1. The van der Waals surface area contributed by atoms with E-state index in [0.29, 0.717) is 35.1 Å². The largest absolute Gasteiger partial charge is 0.495 e. The van der Waals surface area contributed by atoms with Gasteiger partial charge in [0.1, 0.15) is 12.4 Å². The number of hydrogen-bond donors (Lipinski definition) is 1. The summed E-state index contributed by atoms with van der Waals surface area (Å²) in [7, 11) is 3.15. The minimum absolute atomic E-state index is 0.255. The second-order valence-corrected chi connectivity index (χ2v) is 7.08. The van der Waals surface area contributed by atoms with E-state index in [1.54, 1.807) is 38.5 Å². The summed E-state index contributed by atoms with van der Waals surface area (Å²) in [6.07, 6.45) is 0. The van der Waals surface area contributed by atoms with Gasteiger partial charge in [0.05, 0.1) is 23.5 Å². The number of carbonyl (C=O) groups excluding carboxylic acids is 1. The first-order valence-corrected chi connectivity index (χ1v) is 9.69. The maximum absolute atomic E-state index is 12.8. The summed E-state index contributed by atoms with van der Waals surface area (Å²) in [5, 5.41) is 2.88. The zero-order valence-electron chi connectivity index (χ0n) is 15.6. The number of carbonyl (C=O) groups is 1. The first-order chi connectivity index (χ1) is 13.6. The van der Waals surface area contributed by atoms with Crippen molar-refractivity contribution in [1.82, 2.24) is 0 Å². The van der Waals surface area contributed by atoms with Crippen molar-refractivity contribution in [1.29, 1.82) is 0 Å². The molecule has 0 spiro atoms. The van der Waals surface area contributed by atoms with Crippen LogP contribution < -0.4 is 19.5 Å². The highest BCUT2D eigenvalue weighted by atomic mass is 127. The molecule has 0 atom stereocenters. The van der Waals surface area contributed by atoms with Gasteiger partial charge in [-0.1, -0.05) is 42.5 Å². The molecule has 3 aromatic rings. The Morgan fingerprint density at radius 3 is 2.36 bits per heavy atom. The van der Waals surface area contributed by atoms with Gasteiger partial charge in [-0.15, -0.1) is 0 Å². The zero-order chi connectivity index (χ0) is 19.9. The third-order valence-electron chi connectivity index (χ3n) is 4.07. The summed E-state index contributed by atoms with van der Waals surface area (Å²) in [4.78, 5) is 12.8. The molecule has 0 aromatic heterocycles. The molecule has 0 aliphatic carbocycles. The van der Waals surface area contributed by atoms with Crippen molar-refractivity contribution in [2.24, 2.45) is 0 Å². The van der Waals surface area contributed by atoms with Crippen LogP contribution in [0.15, 0.2) is 66.7 Å². The zero-order valence-corrected chi connectivity index (χ0v) is 17.7. The summed E-state index contributed by atoms with van der Waals surface area (Å²) < 4.78 is 17.5. The number of anilines is 1. The molecule has 5 nitrogen and oxygen atoms in total. The van der Waals surface area contributed by atoms with Gasteiger partial charge in [-0.05, 0) is 52.4 Å². The van der Waals surface area contributed by atoms with Gasteiger partial charge in [0.25, 0.3) is 5.91 Å². The van der Waals surface area contributed by atoms with E-state index < -0.39 is 0 Å². The molecule has 0 aliphatic heterocycles. The number of amides is 1. The first-order valence-electron chi connectivity index (χ1n) is 8.61. The Kier molecular flexibility index (Phi) is 6.76. The second kappa shape index (κ2) is 9.45. The molecule has 3 rings (SSSR count). The van der Waals surface area contributed by atoms with Crippen LogP contribution in [0.4, 0.5) is 5.69 Å². The van der Waals surface area contributed by atoms with Crippen molar-refractivity contribution in [2.75, 3.05) is 19.5 Å². The Morgan fingerprint density at radius 1 is 0.929 bits per heavy atom. The third-order valence-corrected chi connectivity index (χ3v) is 4.87. The second-order valence-electron chi connectivity index (χ2n) is 5.92. The van der Waals surface area contributed by atoms with E-state index in [0.717, 1.165) is 9.13 Å². The van der Waals surface area contributed by atoms with Crippen molar-refractivity contribution < 1.29 is 19.0 Å². The van der Waals surface area contributed by atoms with Crippen LogP contribution in [-0.4, -0.2) is 20.1 Å². The number of ether oxygens (including phenoxy) is 3. The molecule has 1 N–H and O–H groups in total. The Bertz CT molecular complexity index is 960. The maximum Gasteiger partial charge on any atom is 0.255 e. The van der Waals surface area contributed by atoms with Crippen LogP contribution in [0.2, 0.25) is 0 Å². The minimum atomic E-state index is -0.255. The van der Waals surface area contributed by atoms with Gasteiger partial charge in [-0.3, -0.25) is 4.79 Å². The molecule has 0 saturated carbocycles. The molecule has 0 fully saturated rings. The van der Waals surface area contributed by atoms with Gasteiger partial charge >= 0.3 is 0 Å². The highest BCUT2D eigenvalue weighted by Gasteiger charge is 2.17. The highest BCUT2D eigenvalue weighted by molar-refractivity contribution is 14.1. The molecule has 0 bridgehead atoms. The summed E-state index contributed by atoms with van der Waals surface area (Å²) in [6, 6.07) is 20.5. The molecule has 6 heteroatoms. The van der Waals surface area contributed by atoms with Gasteiger partial charge in [0.2, 0.25) is 0 Å². The van der Waals surface area contributed by atoms with E-state index in [2.05, 4.69) is 27.9 Å². The molecule has 0 radical (unpaired) electrons. The lowest BCUT2D eigenvalue weighted by Gasteiger charge is -2.15. The van der Waals surface area contributed by atoms with E-state index in [1.807, 2.05) is 42.5 Å². The standard InChI is InChI=1S/C22H20INO4/c1-26-19-11-7-6-10-18(19)24-22(25)16-12-17(23)21(27-2)20(13-16)28-14-15-8-4-3-5-9-15/h3-13H,14H2,1-2H3,(H,24,25). The van der Waals surface area contributed by atoms with Crippen LogP contribution in [0.3, 0.4) is 0 Å². The van der Waals surface area contributed by atoms with Crippen LogP contribution in [0.5, 0.6) is 17.2 Å². The normalized spacial score (nSPS) is 10.2. The van der Waals surface area contributed by atoms with Crippen molar-refractivity contribution >= 4 is 34.2 Å². The van der Waals surface area contributed by atoms with Gasteiger partial charge in [-0.25, -0.2) is 0 Å². The molecule has 144 valence electrons. The number of methoxy groups -OCH3 is 2. The summed E-state index contributed by atoms with van der Waals surface area (Å²) >= 11 is 2.13. The van der Waals surface area contributed by atoms with Crippen LogP contribution in [0, 0.1) is 3.57 Å². The first kappa shape index (κ1) is 20.0. The molecule has 1 amide bonds. The molecular formula is C22H20INO4. The van der Waals surface area contributed by atoms with Crippen molar-refractivity contribution in [3.63, 3.8) is 0 Å².